The van der Waals surface area contributed by atoms with Crippen LogP contribution < -0.4 is 10.3 Å². The molecule has 6 aromatic rings. The molecule has 2 saturated heterocycles. The van der Waals surface area contributed by atoms with Crippen LogP contribution in [-0.4, -0.2) is 38.7 Å². The summed E-state index contributed by atoms with van der Waals surface area (Å²) in [5.74, 6) is -6.17. The molecule has 4 aliphatic rings. The lowest BCUT2D eigenvalue weighted by Crippen LogP contribution is -2.53. The first-order chi connectivity index (χ1) is 28.1. The molecular weight excluding hydrogens is 759 g/mol. The van der Waals surface area contributed by atoms with E-state index in [0.717, 1.165) is 5.01 Å². The number of carbonyl (C=O) groups is 4. The number of allylic oxidation sites excluding steroid dienone is 2. The minimum atomic E-state index is -1.61. The van der Waals surface area contributed by atoms with Gasteiger partial charge < -0.3 is 9.52 Å². The lowest BCUT2D eigenvalue weighted by atomic mass is 9.49. The zero-order valence-electron chi connectivity index (χ0n) is 30.9. The van der Waals surface area contributed by atoms with E-state index in [2.05, 4.69) is 10.4 Å². The standard InChI is InChI=1S/C46H34ClFN4O6/c1-24-5-4-6-33(40(24)53)39-31-21-22-32-38(44(56)51(42(32)54)30-19-9-25(10-20-30)41-49-36-7-2-3-8-37(36)58-41)34(31)23-35-43(55)52(50-29-17-15-28(48)16-18-29)45(57)46(35,39)26-11-13-27(47)14-12-26/h2-21,32,34-35,38-39,50,53H,22-23H2,1H3. The molecule has 3 fully saturated rings. The minimum Gasteiger partial charge on any atom is -0.507 e. The second-order valence-electron chi connectivity index (χ2n) is 15.4. The van der Waals surface area contributed by atoms with Crippen molar-refractivity contribution in [1.29, 1.82) is 0 Å². The molecular formula is C46H34ClFN4O6. The molecule has 10 rings (SSSR count). The summed E-state index contributed by atoms with van der Waals surface area (Å²) in [6.45, 7) is 1.76. The third-order valence-electron chi connectivity index (χ3n) is 12.5. The summed E-state index contributed by atoms with van der Waals surface area (Å²) in [4.78, 5) is 65.1. The Kier molecular flexibility index (Phi) is 8.17. The highest BCUT2D eigenvalue weighted by Crippen LogP contribution is 2.65. The van der Waals surface area contributed by atoms with E-state index < -0.39 is 58.5 Å². The molecule has 58 heavy (non-hydrogen) atoms. The Bertz CT molecular complexity index is 2700. The normalized spacial score (nSPS) is 25.2. The molecule has 12 heteroatoms. The van der Waals surface area contributed by atoms with E-state index in [1.807, 2.05) is 30.3 Å². The Labute approximate surface area is 336 Å². The summed E-state index contributed by atoms with van der Waals surface area (Å²) in [7, 11) is 0. The summed E-state index contributed by atoms with van der Waals surface area (Å²) in [5.41, 5.74) is 6.26. The molecule has 0 bridgehead atoms. The number of nitrogens with zero attached hydrogens (tertiary/aromatic N) is 3. The molecule has 6 unspecified atom stereocenters. The molecule has 2 N–H and O–H groups in total. The van der Waals surface area contributed by atoms with E-state index in [9.17, 15) is 23.9 Å². The molecule has 1 aromatic heterocycles. The van der Waals surface area contributed by atoms with Gasteiger partial charge in [-0.3, -0.25) is 29.5 Å². The monoisotopic (exact) mass is 792 g/mol. The maximum absolute atomic E-state index is 15.3. The van der Waals surface area contributed by atoms with E-state index in [-0.39, 0.29) is 24.5 Å². The summed E-state index contributed by atoms with van der Waals surface area (Å²) < 4.78 is 19.9. The minimum absolute atomic E-state index is 0.0389. The highest BCUT2D eigenvalue weighted by Gasteiger charge is 2.70. The number of rotatable bonds is 6. The van der Waals surface area contributed by atoms with Crippen molar-refractivity contribution in [3.8, 4) is 17.2 Å². The summed E-state index contributed by atoms with van der Waals surface area (Å²) in [6, 6.07) is 31.7. The number of aryl methyl sites for hydroxylation is 1. The van der Waals surface area contributed by atoms with Crippen LogP contribution in [0.3, 0.4) is 0 Å². The number of oxazole rings is 1. The van der Waals surface area contributed by atoms with Crippen LogP contribution in [-0.2, 0) is 24.6 Å². The number of hydrogen-bond donors (Lipinski definition) is 2. The van der Waals surface area contributed by atoms with Crippen LogP contribution in [0, 0.1) is 36.4 Å². The van der Waals surface area contributed by atoms with Crippen molar-refractivity contribution < 1.29 is 33.1 Å². The lowest BCUT2D eigenvalue weighted by Gasteiger charge is -2.50. The number of imide groups is 2. The number of aromatic nitrogens is 1. The Morgan fingerprint density at radius 3 is 2.33 bits per heavy atom. The van der Waals surface area contributed by atoms with E-state index in [1.165, 1.54) is 29.2 Å². The molecule has 0 spiro atoms. The number of halogens is 2. The summed E-state index contributed by atoms with van der Waals surface area (Å²) in [5, 5.41) is 13.2. The van der Waals surface area contributed by atoms with Gasteiger partial charge in [-0.25, -0.2) is 9.37 Å². The fraction of sp³-hybridized carbons (Fsp3) is 0.196. The van der Waals surface area contributed by atoms with Gasteiger partial charge in [0.15, 0.2) is 5.58 Å². The third kappa shape index (κ3) is 5.19. The van der Waals surface area contributed by atoms with Gasteiger partial charge in [0.05, 0.1) is 34.5 Å². The van der Waals surface area contributed by atoms with Gasteiger partial charge >= 0.3 is 0 Å². The van der Waals surface area contributed by atoms with Crippen LogP contribution >= 0.6 is 11.6 Å². The molecule has 2 aliphatic heterocycles. The first-order valence-electron chi connectivity index (χ1n) is 19.0. The van der Waals surface area contributed by atoms with Crippen LogP contribution in [0.1, 0.15) is 35.4 Å². The maximum atomic E-state index is 15.3. The van der Waals surface area contributed by atoms with Gasteiger partial charge in [0, 0.05) is 22.1 Å². The third-order valence-corrected chi connectivity index (χ3v) is 12.8. The molecule has 5 aromatic carbocycles. The Balaban J connectivity index is 1.08. The smallest absolute Gasteiger partial charge is 0.260 e. The van der Waals surface area contributed by atoms with E-state index in [4.69, 9.17) is 16.0 Å². The zero-order valence-corrected chi connectivity index (χ0v) is 31.7. The van der Waals surface area contributed by atoms with Crippen molar-refractivity contribution in [2.45, 2.75) is 31.1 Å². The fourth-order valence-electron chi connectivity index (χ4n) is 9.92. The van der Waals surface area contributed by atoms with Crippen LogP contribution in [0.4, 0.5) is 15.8 Å². The molecule has 4 amide bonds. The number of amides is 4. The number of nitrogens with one attached hydrogen (secondary N) is 1. The van der Waals surface area contributed by atoms with E-state index in [0.29, 0.717) is 61.2 Å². The topological polar surface area (TPSA) is 133 Å². The molecule has 0 radical (unpaired) electrons. The van der Waals surface area contributed by atoms with Crippen molar-refractivity contribution in [2.75, 3.05) is 10.3 Å². The number of anilines is 2. The molecule has 6 atom stereocenters. The zero-order chi connectivity index (χ0) is 40.0. The first-order valence-corrected chi connectivity index (χ1v) is 19.4. The number of fused-ring (bicyclic) bond motifs is 5. The number of carbonyl (C=O) groups excluding carboxylic acids is 4. The Morgan fingerprint density at radius 2 is 1.59 bits per heavy atom. The van der Waals surface area contributed by atoms with Crippen LogP contribution in [0.5, 0.6) is 5.75 Å². The number of benzene rings is 5. The summed E-state index contributed by atoms with van der Waals surface area (Å²) in [6.07, 6.45) is 2.21. The van der Waals surface area contributed by atoms with Crippen molar-refractivity contribution in [2.24, 2.45) is 23.7 Å². The van der Waals surface area contributed by atoms with Crippen molar-refractivity contribution in [1.82, 2.24) is 9.99 Å². The second-order valence-corrected chi connectivity index (χ2v) is 15.9. The van der Waals surface area contributed by atoms with E-state index in [1.54, 1.807) is 73.7 Å². The first kappa shape index (κ1) is 35.8. The maximum Gasteiger partial charge on any atom is 0.260 e. The van der Waals surface area contributed by atoms with Gasteiger partial charge in [0.2, 0.25) is 17.7 Å². The molecule has 10 nitrogen and oxygen atoms in total. The van der Waals surface area contributed by atoms with Crippen molar-refractivity contribution in [3.63, 3.8) is 0 Å². The fourth-order valence-corrected chi connectivity index (χ4v) is 10.0. The largest absolute Gasteiger partial charge is 0.507 e. The molecule has 2 aliphatic carbocycles. The average molecular weight is 793 g/mol. The van der Waals surface area contributed by atoms with Gasteiger partial charge in [-0.05, 0) is 110 Å². The average Bonchev–Trinajstić information content (AvgIpc) is 3.85. The molecule has 3 heterocycles. The lowest BCUT2D eigenvalue weighted by molar-refractivity contribution is -0.138. The Morgan fingerprint density at radius 1 is 0.845 bits per heavy atom. The highest BCUT2D eigenvalue weighted by atomic mass is 35.5. The number of phenolic OH excluding ortho intramolecular Hbond substituents is 1. The van der Waals surface area contributed by atoms with E-state index >= 15 is 4.79 Å². The van der Waals surface area contributed by atoms with Crippen LogP contribution in [0.25, 0.3) is 22.6 Å². The Hall–Kier alpha value is -6.59. The van der Waals surface area contributed by atoms with Gasteiger partial charge in [0.25, 0.3) is 11.8 Å². The second kappa shape index (κ2) is 13.2. The van der Waals surface area contributed by atoms with Gasteiger partial charge in [-0.2, -0.15) is 5.01 Å². The number of aromatic hydroxyl groups is 1. The van der Waals surface area contributed by atoms with Gasteiger partial charge in [-0.15, -0.1) is 0 Å². The predicted molar refractivity (Wildman–Crippen MR) is 214 cm³/mol. The number of hydrazine groups is 1. The van der Waals surface area contributed by atoms with Crippen molar-refractivity contribution in [3.05, 3.63) is 154 Å². The van der Waals surface area contributed by atoms with Crippen LogP contribution in [0.2, 0.25) is 5.02 Å². The molecule has 1 saturated carbocycles. The highest BCUT2D eigenvalue weighted by molar-refractivity contribution is 6.30. The SMILES string of the molecule is Cc1cccc(C2C3=CCC4C(=O)N(c5ccc(-c6nc7ccccc7o6)cc5)C(=O)C4C3CC3C(=O)N(Nc4ccc(F)cc4)C(=O)C32c2ccc(Cl)cc2)c1O. The number of phenols is 1. The quantitative estimate of drug-likeness (QED) is 0.127. The van der Waals surface area contributed by atoms with Gasteiger partial charge in [0.1, 0.15) is 17.1 Å². The predicted octanol–water partition coefficient (Wildman–Crippen LogP) is 8.49. The molecule has 288 valence electrons. The van der Waals surface area contributed by atoms with Crippen molar-refractivity contribution >= 4 is 57.7 Å². The summed E-state index contributed by atoms with van der Waals surface area (Å²) >= 11 is 6.39. The number of hydrogen-bond acceptors (Lipinski definition) is 8. The van der Waals surface area contributed by atoms with Crippen LogP contribution in [0.15, 0.2) is 131 Å². The van der Waals surface area contributed by atoms with Gasteiger partial charge in [-0.1, -0.05) is 65.7 Å². The number of para-hydroxylation sites is 3.